The number of rotatable bonds is 4. The van der Waals surface area contributed by atoms with E-state index in [1.807, 2.05) is 30.9 Å². The SMILES string of the molecule is Cc1nc(C)c(C(=O)N2CCC[C@@H]2c2ccc(Cc3cccc(C(F)(F)F)c3)cn2)s1. The normalized spacial score (nSPS) is 16.7. The van der Waals surface area contributed by atoms with Gasteiger partial charge in [-0.3, -0.25) is 9.78 Å². The van der Waals surface area contributed by atoms with E-state index in [0.717, 1.165) is 40.9 Å². The van der Waals surface area contributed by atoms with Crippen LogP contribution in [0.1, 0.15) is 61.6 Å². The van der Waals surface area contributed by atoms with Gasteiger partial charge in [0.1, 0.15) is 4.88 Å². The second-order valence-electron chi connectivity index (χ2n) is 7.77. The van der Waals surface area contributed by atoms with Crippen molar-refractivity contribution in [2.24, 2.45) is 0 Å². The van der Waals surface area contributed by atoms with Gasteiger partial charge in [-0.1, -0.05) is 24.3 Å². The fourth-order valence-electron chi connectivity index (χ4n) is 4.01. The summed E-state index contributed by atoms with van der Waals surface area (Å²) in [6, 6.07) is 9.01. The molecule has 0 spiro atoms. The number of amides is 1. The standard InChI is InChI=1S/C23H22F3N3OS/c1-14-21(31-15(2)28-14)22(30)29-10-4-7-20(29)19-9-8-17(13-27-19)11-16-5-3-6-18(12-16)23(24,25)26/h3,5-6,8-9,12-13,20H,4,7,10-11H2,1-2H3/t20-/m1/s1. The van der Waals surface area contributed by atoms with Crippen LogP contribution in [0.2, 0.25) is 0 Å². The molecule has 2 aromatic heterocycles. The molecule has 162 valence electrons. The fourth-order valence-corrected chi connectivity index (χ4v) is 4.88. The van der Waals surface area contributed by atoms with Crippen molar-refractivity contribution in [2.75, 3.05) is 6.54 Å². The molecule has 1 aliphatic rings. The summed E-state index contributed by atoms with van der Waals surface area (Å²) in [6.07, 6.45) is -0.558. The lowest BCUT2D eigenvalue weighted by molar-refractivity contribution is -0.137. The average molecular weight is 446 g/mol. The molecular formula is C23H22F3N3OS. The van der Waals surface area contributed by atoms with Crippen molar-refractivity contribution in [3.63, 3.8) is 0 Å². The Kier molecular flexibility index (Phi) is 5.83. The molecule has 1 atom stereocenters. The number of carbonyl (C=O) groups is 1. The molecule has 1 aliphatic heterocycles. The maximum absolute atomic E-state index is 13.1. The van der Waals surface area contributed by atoms with Crippen LogP contribution in [0.5, 0.6) is 0 Å². The number of alkyl halides is 3. The summed E-state index contributed by atoms with van der Waals surface area (Å²) in [4.78, 5) is 24.5. The quantitative estimate of drug-likeness (QED) is 0.514. The Hall–Kier alpha value is -2.74. The summed E-state index contributed by atoms with van der Waals surface area (Å²) in [6.45, 7) is 4.41. The van der Waals surface area contributed by atoms with Gasteiger partial charge in [0.2, 0.25) is 0 Å². The van der Waals surface area contributed by atoms with Crippen molar-refractivity contribution >= 4 is 17.2 Å². The first-order chi connectivity index (χ1) is 14.7. The van der Waals surface area contributed by atoms with Crippen LogP contribution >= 0.6 is 11.3 Å². The summed E-state index contributed by atoms with van der Waals surface area (Å²) >= 11 is 1.41. The summed E-state index contributed by atoms with van der Waals surface area (Å²) in [5, 5.41) is 0.869. The molecule has 8 heteroatoms. The van der Waals surface area contributed by atoms with Crippen molar-refractivity contribution in [1.82, 2.24) is 14.9 Å². The smallest absolute Gasteiger partial charge is 0.329 e. The number of halogens is 3. The average Bonchev–Trinajstić information content (AvgIpc) is 3.34. The molecule has 0 bridgehead atoms. The lowest BCUT2D eigenvalue weighted by Gasteiger charge is -2.24. The predicted octanol–water partition coefficient (Wildman–Crippen LogP) is 5.74. The Morgan fingerprint density at radius 3 is 2.65 bits per heavy atom. The van der Waals surface area contributed by atoms with E-state index >= 15 is 0 Å². The number of hydrogen-bond acceptors (Lipinski definition) is 4. The van der Waals surface area contributed by atoms with Crippen LogP contribution in [0.4, 0.5) is 13.2 Å². The zero-order valence-corrected chi connectivity index (χ0v) is 18.1. The number of carbonyl (C=O) groups excluding carboxylic acids is 1. The second-order valence-corrected chi connectivity index (χ2v) is 8.97. The van der Waals surface area contributed by atoms with Crippen molar-refractivity contribution in [2.45, 2.75) is 45.3 Å². The number of aryl methyl sites for hydroxylation is 2. The van der Waals surface area contributed by atoms with E-state index in [4.69, 9.17) is 0 Å². The van der Waals surface area contributed by atoms with E-state index in [9.17, 15) is 18.0 Å². The highest BCUT2D eigenvalue weighted by Gasteiger charge is 2.33. The molecule has 31 heavy (non-hydrogen) atoms. The number of likely N-dealkylation sites (tertiary alicyclic amines) is 1. The van der Waals surface area contributed by atoms with Crippen LogP contribution in [0.15, 0.2) is 42.6 Å². The molecular weight excluding hydrogens is 423 g/mol. The monoisotopic (exact) mass is 445 g/mol. The van der Waals surface area contributed by atoms with Crippen molar-refractivity contribution < 1.29 is 18.0 Å². The number of hydrogen-bond donors (Lipinski definition) is 0. The zero-order chi connectivity index (χ0) is 22.2. The van der Waals surface area contributed by atoms with Crippen LogP contribution in [-0.2, 0) is 12.6 Å². The summed E-state index contributed by atoms with van der Waals surface area (Å²) in [5.74, 6) is -0.0135. The minimum atomic E-state index is -4.36. The van der Waals surface area contributed by atoms with E-state index in [1.54, 1.807) is 12.3 Å². The first-order valence-corrected chi connectivity index (χ1v) is 10.9. The molecule has 3 heterocycles. The Morgan fingerprint density at radius 2 is 2.00 bits per heavy atom. The topological polar surface area (TPSA) is 46.1 Å². The third-order valence-corrected chi connectivity index (χ3v) is 6.52. The molecule has 0 aliphatic carbocycles. The van der Waals surface area contributed by atoms with Crippen LogP contribution < -0.4 is 0 Å². The van der Waals surface area contributed by atoms with Crippen molar-refractivity contribution in [3.8, 4) is 0 Å². The van der Waals surface area contributed by atoms with E-state index < -0.39 is 11.7 Å². The lowest BCUT2D eigenvalue weighted by atomic mass is 10.0. The van der Waals surface area contributed by atoms with Gasteiger partial charge in [0.15, 0.2) is 0 Å². The van der Waals surface area contributed by atoms with Gasteiger partial charge in [0, 0.05) is 12.7 Å². The Labute approximate surface area is 182 Å². The minimum Gasteiger partial charge on any atom is -0.329 e. The molecule has 0 unspecified atom stereocenters. The Balaban J connectivity index is 1.50. The van der Waals surface area contributed by atoms with Gasteiger partial charge in [-0.15, -0.1) is 11.3 Å². The number of nitrogens with zero attached hydrogens (tertiary/aromatic N) is 3. The van der Waals surface area contributed by atoms with Crippen molar-refractivity contribution in [1.29, 1.82) is 0 Å². The Morgan fingerprint density at radius 1 is 1.19 bits per heavy atom. The third-order valence-electron chi connectivity index (χ3n) is 5.46. The summed E-state index contributed by atoms with van der Waals surface area (Å²) in [7, 11) is 0. The van der Waals surface area contributed by atoms with E-state index in [1.165, 1.54) is 23.5 Å². The predicted molar refractivity (Wildman–Crippen MR) is 113 cm³/mol. The molecule has 1 fully saturated rings. The fraction of sp³-hybridized carbons (Fsp3) is 0.348. The molecule has 1 saturated heterocycles. The molecule has 3 aromatic rings. The Bertz CT molecular complexity index is 1090. The van der Waals surface area contributed by atoms with Gasteiger partial charge in [-0.25, -0.2) is 4.98 Å². The first-order valence-electron chi connectivity index (χ1n) is 10.1. The largest absolute Gasteiger partial charge is 0.416 e. The molecule has 0 radical (unpaired) electrons. The van der Waals surface area contributed by atoms with E-state index in [0.29, 0.717) is 23.4 Å². The van der Waals surface area contributed by atoms with Gasteiger partial charge >= 0.3 is 6.18 Å². The highest BCUT2D eigenvalue weighted by atomic mass is 32.1. The van der Waals surface area contributed by atoms with Crippen LogP contribution in [0, 0.1) is 13.8 Å². The first kappa shape index (κ1) is 21.5. The van der Waals surface area contributed by atoms with Crippen LogP contribution in [0.3, 0.4) is 0 Å². The van der Waals surface area contributed by atoms with Crippen LogP contribution in [0.25, 0.3) is 0 Å². The van der Waals surface area contributed by atoms with E-state index in [-0.39, 0.29) is 11.9 Å². The minimum absolute atomic E-state index is 0.0135. The molecule has 0 N–H and O–H groups in total. The van der Waals surface area contributed by atoms with Gasteiger partial charge in [-0.05, 0) is 56.4 Å². The maximum atomic E-state index is 13.1. The number of thiazole rings is 1. The third kappa shape index (κ3) is 4.63. The van der Waals surface area contributed by atoms with Gasteiger partial charge in [-0.2, -0.15) is 13.2 Å². The van der Waals surface area contributed by atoms with E-state index in [2.05, 4.69) is 9.97 Å². The van der Waals surface area contributed by atoms with Gasteiger partial charge in [0.05, 0.1) is 28.0 Å². The number of aromatic nitrogens is 2. The lowest BCUT2D eigenvalue weighted by Crippen LogP contribution is -2.30. The highest BCUT2D eigenvalue weighted by molar-refractivity contribution is 7.13. The second kappa shape index (κ2) is 8.42. The maximum Gasteiger partial charge on any atom is 0.416 e. The molecule has 4 nitrogen and oxygen atoms in total. The van der Waals surface area contributed by atoms with Gasteiger partial charge < -0.3 is 4.90 Å². The number of benzene rings is 1. The van der Waals surface area contributed by atoms with Gasteiger partial charge in [0.25, 0.3) is 5.91 Å². The van der Waals surface area contributed by atoms with Crippen molar-refractivity contribution in [3.05, 3.63) is 80.6 Å². The molecule has 1 amide bonds. The van der Waals surface area contributed by atoms with Crippen LogP contribution in [-0.4, -0.2) is 27.3 Å². The molecule has 4 rings (SSSR count). The zero-order valence-electron chi connectivity index (χ0n) is 17.2. The molecule has 1 aromatic carbocycles. The highest BCUT2D eigenvalue weighted by Crippen LogP contribution is 2.34. The summed E-state index contributed by atoms with van der Waals surface area (Å²) < 4.78 is 38.8. The molecule has 0 saturated carbocycles. The number of pyridine rings is 1. The summed E-state index contributed by atoms with van der Waals surface area (Å²) in [5.41, 5.74) is 2.31.